The summed E-state index contributed by atoms with van der Waals surface area (Å²) >= 11 is 0. The highest BCUT2D eigenvalue weighted by Gasteiger charge is 2.20. The molecule has 0 N–H and O–H groups in total. The number of carbonyl (C=O) groups is 2. The Labute approximate surface area is 336 Å². The SMILES string of the molecule is CC1CCC(C(C)C)CCOC(=O)CCCCCCCCCC(OCCCCN(C)C)CCCCCCCCCC(=O)OCCC(C(C)C)CCC(C)C1. The lowest BCUT2D eigenvalue weighted by Crippen LogP contribution is -2.17. The van der Waals surface area contributed by atoms with Crippen molar-refractivity contribution in [3.05, 3.63) is 0 Å². The van der Waals surface area contributed by atoms with E-state index in [2.05, 4.69) is 60.5 Å². The molecule has 0 saturated carbocycles. The molecule has 0 aliphatic carbocycles. The van der Waals surface area contributed by atoms with E-state index in [4.69, 9.17) is 14.2 Å². The topological polar surface area (TPSA) is 65.1 Å². The first-order chi connectivity index (χ1) is 26.0. The van der Waals surface area contributed by atoms with Crippen molar-refractivity contribution < 1.29 is 23.8 Å². The summed E-state index contributed by atoms with van der Waals surface area (Å²) in [6.07, 6.45) is 31.2. The van der Waals surface area contributed by atoms with Gasteiger partial charge in [-0.2, -0.15) is 0 Å². The Morgan fingerprint density at radius 1 is 0.556 bits per heavy atom. The maximum absolute atomic E-state index is 12.5. The smallest absolute Gasteiger partial charge is 0.305 e. The molecule has 4 atom stereocenters. The van der Waals surface area contributed by atoms with Crippen LogP contribution in [0.2, 0.25) is 0 Å². The summed E-state index contributed by atoms with van der Waals surface area (Å²) in [4.78, 5) is 27.2. The van der Waals surface area contributed by atoms with E-state index in [1.807, 2.05) is 0 Å². The minimum absolute atomic E-state index is 0.00598. The number of unbranched alkanes of at least 4 members (excludes halogenated alkanes) is 1. The van der Waals surface area contributed by atoms with E-state index in [0.29, 0.717) is 67.7 Å². The second kappa shape index (κ2) is 33.9. The molecular weight excluding hydrogens is 671 g/mol. The number of carbonyl (C=O) groups excluding carboxylic acids is 2. The van der Waals surface area contributed by atoms with Gasteiger partial charge >= 0.3 is 11.9 Å². The van der Waals surface area contributed by atoms with Crippen molar-refractivity contribution in [2.75, 3.05) is 40.5 Å². The predicted octanol–water partition coefficient (Wildman–Crippen LogP) is 13.4. The minimum Gasteiger partial charge on any atom is -0.466 e. The molecular formula is C48H93NO5. The van der Waals surface area contributed by atoms with Crippen molar-refractivity contribution in [1.29, 1.82) is 0 Å². The number of ether oxygens (including phenoxy) is 3. The Balaban J connectivity index is 2.62. The first kappa shape index (κ1) is 50.9. The molecule has 0 radical (unpaired) electrons. The lowest BCUT2D eigenvalue weighted by atomic mass is 9.81. The van der Waals surface area contributed by atoms with Gasteiger partial charge in [0.25, 0.3) is 0 Å². The summed E-state index contributed by atoms with van der Waals surface area (Å²) in [7, 11) is 4.29. The van der Waals surface area contributed by atoms with Gasteiger partial charge in [0.1, 0.15) is 0 Å². The third-order valence-corrected chi connectivity index (χ3v) is 12.4. The number of esters is 2. The molecule has 0 aromatic carbocycles. The zero-order valence-corrected chi connectivity index (χ0v) is 37.5. The van der Waals surface area contributed by atoms with Crippen molar-refractivity contribution in [3.8, 4) is 0 Å². The van der Waals surface area contributed by atoms with E-state index in [9.17, 15) is 9.59 Å². The lowest BCUT2D eigenvalue weighted by Gasteiger charge is -2.25. The van der Waals surface area contributed by atoms with E-state index in [1.54, 1.807) is 0 Å². The van der Waals surface area contributed by atoms with Crippen molar-refractivity contribution in [3.63, 3.8) is 0 Å². The molecule has 6 heteroatoms. The molecule has 54 heavy (non-hydrogen) atoms. The first-order valence-corrected chi connectivity index (χ1v) is 23.5. The highest BCUT2D eigenvalue weighted by molar-refractivity contribution is 5.69. The molecule has 4 unspecified atom stereocenters. The molecule has 1 heterocycles. The molecule has 1 saturated heterocycles. The Hall–Kier alpha value is -1.14. The number of cyclic esters (lactones) is 2. The Kier molecular flexibility index (Phi) is 32.0. The van der Waals surface area contributed by atoms with Crippen LogP contribution in [0.5, 0.6) is 0 Å². The zero-order valence-electron chi connectivity index (χ0n) is 37.5. The van der Waals surface area contributed by atoms with Crippen LogP contribution >= 0.6 is 0 Å². The zero-order chi connectivity index (χ0) is 39.8. The van der Waals surface area contributed by atoms with Gasteiger partial charge in [0.15, 0.2) is 0 Å². The average Bonchev–Trinajstić information content (AvgIpc) is 3.11. The maximum atomic E-state index is 12.5. The molecule has 0 aromatic heterocycles. The van der Waals surface area contributed by atoms with Crippen LogP contribution in [0.15, 0.2) is 0 Å². The third-order valence-electron chi connectivity index (χ3n) is 12.4. The molecule has 1 aliphatic heterocycles. The summed E-state index contributed by atoms with van der Waals surface area (Å²) in [5.74, 6) is 3.83. The fourth-order valence-electron chi connectivity index (χ4n) is 8.48. The van der Waals surface area contributed by atoms with Crippen molar-refractivity contribution in [2.45, 2.75) is 221 Å². The molecule has 1 aliphatic rings. The Bertz CT molecular complexity index is 815. The third kappa shape index (κ3) is 30.1. The van der Waals surface area contributed by atoms with Crippen LogP contribution in [0.1, 0.15) is 215 Å². The van der Waals surface area contributed by atoms with Gasteiger partial charge in [-0.15, -0.1) is 0 Å². The van der Waals surface area contributed by atoms with Crippen LogP contribution in [0.25, 0.3) is 0 Å². The minimum atomic E-state index is -0.00598. The summed E-state index contributed by atoms with van der Waals surface area (Å²) in [6, 6.07) is 0. The highest BCUT2D eigenvalue weighted by atomic mass is 16.5. The van der Waals surface area contributed by atoms with E-state index in [-0.39, 0.29) is 11.9 Å². The molecule has 0 spiro atoms. The number of rotatable bonds is 8. The molecule has 320 valence electrons. The van der Waals surface area contributed by atoms with Crippen molar-refractivity contribution in [2.24, 2.45) is 35.5 Å². The van der Waals surface area contributed by atoms with Gasteiger partial charge in [-0.3, -0.25) is 9.59 Å². The predicted molar refractivity (Wildman–Crippen MR) is 230 cm³/mol. The molecule has 0 amide bonds. The summed E-state index contributed by atoms with van der Waals surface area (Å²) in [5.41, 5.74) is 0. The lowest BCUT2D eigenvalue weighted by molar-refractivity contribution is -0.145. The number of nitrogens with zero attached hydrogens (tertiary/aromatic N) is 1. The van der Waals surface area contributed by atoms with E-state index < -0.39 is 0 Å². The second-order valence-electron chi connectivity index (χ2n) is 18.7. The van der Waals surface area contributed by atoms with Gasteiger partial charge in [-0.1, -0.05) is 131 Å². The van der Waals surface area contributed by atoms with Crippen LogP contribution in [-0.2, 0) is 23.8 Å². The molecule has 1 fully saturated rings. The Morgan fingerprint density at radius 2 is 0.963 bits per heavy atom. The van der Waals surface area contributed by atoms with Gasteiger partial charge in [0.05, 0.1) is 19.3 Å². The van der Waals surface area contributed by atoms with Crippen molar-refractivity contribution >= 4 is 11.9 Å². The maximum Gasteiger partial charge on any atom is 0.305 e. The number of hydrogen-bond donors (Lipinski definition) is 0. The van der Waals surface area contributed by atoms with E-state index in [0.717, 1.165) is 58.1 Å². The average molecular weight is 764 g/mol. The van der Waals surface area contributed by atoms with Gasteiger partial charge in [0, 0.05) is 19.4 Å². The molecule has 6 nitrogen and oxygen atoms in total. The van der Waals surface area contributed by atoms with Gasteiger partial charge in [-0.05, 0) is 127 Å². The van der Waals surface area contributed by atoms with Gasteiger partial charge in [-0.25, -0.2) is 0 Å². The van der Waals surface area contributed by atoms with Gasteiger partial charge in [0.2, 0.25) is 0 Å². The summed E-state index contributed by atoms with van der Waals surface area (Å²) in [6.45, 7) is 17.3. The molecule has 0 bridgehead atoms. The van der Waals surface area contributed by atoms with E-state index in [1.165, 1.54) is 116 Å². The Morgan fingerprint density at radius 3 is 1.37 bits per heavy atom. The highest BCUT2D eigenvalue weighted by Crippen LogP contribution is 2.30. The van der Waals surface area contributed by atoms with Gasteiger partial charge < -0.3 is 19.1 Å². The summed E-state index contributed by atoms with van der Waals surface area (Å²) < 4.78 is 17.9. The van der Waals surface area contributed by atoms with Crippen molar-refractivity contribution in [1.82, 2.24) is 4.90 Å². The monoisotopic (exact) mass is 764 g/mol. The summed E-state index contributed by atoms with van der Waals surface area (Å²) in [5, 5.41) is 0. The van der Waals surface area contributed by atoms with Crippen LogP contribution < -0.4 is 0 Å². The largest absolute Gasteiger partial charge is 0.466 e. The molecule has 0 aromatic rings. The fraction of sp³-hybridized carbons (Fsp3) is 0.958. The van der Waals surface area contributed by atoms with Crippen LogP contribution in [0.4, 0.5) is 0 Å². The van der Waals surface area contributed by atoms with Crippen LogP contribution in [0, 0.1) is 35.5 Å². The standard InChI is InChI=1S/C48H93NO5/c1-40(2)44-31-29-42(5)39-43(6)30-32-45(41(3)4)34-38-54-48(51)28-22-18-14-10-12-16-20-26-46(52-36-24-23-35-49(7)8)25-19-15-11-9-13-17-21-27-47(50)53-37-33-44/h40-46H,9-39H2,1-8H3. The fourth-order valence-corrected chi connectivity index (χ4v) is 8.48. The first-order valence-electron chi connectivity index (χ1n) is 23.5. The normalized spacial score (nSPS) is 27.1. The number of hydrogen-bond acceptors (Lipinski definition) is 6. The quantitative estimate of drug-likeness (QED) is 0.181. The second-order valence-corrected chi connectivity index (χ2v) is 18.7. The molecule has 1 rings (SSSR count). The van der Waals surface area contributed by atoms with E-state index >= 15 is 0 Å². The van der Waals surface area contributed by atoms with Crippen LogP contribution in [-0.4, -0.2) is 63.4 Å². The van der Waals surface area contributed by atoms with Crippen LogP contribution in [0.3, 0.4) is 0 Å².